The predicted octanol–water partition coefficient (Wildman–Crippen LogP) is 4.47. The van der Waals surface area contributed by atoms with Crippen molar-refractivity contribution in [3.05, 3.63) is 39.4 Å². The lowest BCUT2D eigenvalue weighted by Gasteiger charge is -2.19. The number of allylic oxidation sites excluding steroid dienone is 1. The largest absolute Gasteiger partial charge is 0.506 e. The Morgan fingerprint density at radius 1 is 1.15 bits per heavy atom. The fourth-order valence-corrected chi connectivity index (χ4v) is 2.12. The summed E-state index contributed by atoms with van der Waals surface area (Å²) in [6.45, 7) is 6.26. The van der Waals surface area contributed by atoms with E-state index in [1.807, 2.05) is 0 Å². The third-order valence-electron chi connectivity index (χ3n) is 2.68. The number of hydrogen-bond acceptors (Lipinski definition) is 3. The maximum Gasteiger partial charge on any atom is 0.175 e. The van der Waals surface area contributed by atoms with E-state index in [-0.39, 0.29) is 16.2 Å². The summed E-state index contributed by atoms with van der Waals surface area (Å²) in [5, 5.41) is 10.8. The number of Topliss-reactive ketones (excluding diaryl/α,β-unsaturated/α-hetero) is 2. The van der Waals surface area contributed by atoms with E-state index in [2.05, 4.69) is 0 Å². The van der Waals surface area contributed by atoms with Gasteiger partial charge in [-0.3, -0.25) is 9.59 Å². The zero-order chi connectivity index (χ0) is 15.7. The van der Waals surface area contributed by atoms with E-state index in [1.54, 1.807) is 20.8 Å². The number of benzene rings is 1. The van der Waals surface area contributed by atoms with Gasteiger partial charge in [0.15, 0.2) is 11.6 Å². The smallest absolute Gasteiger partial charge is 0.175 e. The molecule has 1 N–H and O–H groups in total. The molecule has 0 bridgehead atoms. The summed E-state index contributed by atoms with van der Waals surface area (Å²) in [4.78, 5) is 24.0. The number of aliphatic hydroxyl groups is 1. The summed E-state index contributed by atoms with van der Waals surface area (Å²) in [6, 6.07) is 4.44. The topological polar surface area (TPSA) is 54.4 Å². The minimum absolute atomic E-state index is 0.176. The molecule has 5 heteroatoms. The summed E-state index contributed by atoms with van der Waals surface area (Å²) in [5.74, 6) is -1.36. The van der Waals surface area contributed by atoms with Gasteiger partial charge in [-0.05, 0) is 25.1 Å². The van der Waals surface area contributed by atoms with E-state index < -0.39 is 22.7 Å². The normalized spacial score (nSPS) is 12.9. The van der Waals surface area contributed by atoms with E-state index >= 15 is 0 Å². The number of hydrogen-bond donors (Lipinski definition) is 1. The van der Waals surface area contributed by atoms with Crippen LogP contribution in [0.5, 0.6) is 0 Å². The van der Waals surface area contributed by atoms with Crippen LogP contribution in [0.15, 0.2) is 23.8 Å². The highest BCUT2D eigenvalue weighted by atomic mass is 35.5. The lowest BCUT2D eigenvalue weighted by atomic mass is 9.84. The van der Waals surface area contributed by atoms with Crippen LogP contribution in [0.3, 0.4) is 0 Å². The Morgan fingerprint density at radius 2 is 1.70 bits per heavy atom. The number of carbonyl (C=O) groups is 2. The van der Waals surface area contributed by atoms with E-state index in [1.165, 1.54) is 25.1 Å². The average molecular weight is 315 g/mol. The van der Waals surface area contributed by atoms with Crippen LogP contribution in [-0.2, 0) is 9.59 Å². The second kappa shape index (κ2) is 5.98. The molecular formula is C15H16Cl2O3. The minimum Gasteiger partial charge on any atom is -0.506 e. The SMILES string of the molecule is CC(=O)/C(C(=O)C(C)(C)C)=C(/O)c1ccc(Cl)cc1Cl. The molecule has 0 aliphatic heterocycles. The first-order valence-corrected chi connectivity index (χ1v) is 6.75. The quantitative estimate of drug-likeness (QED) is 0.387. The number of rotatable bonds is 3. The number of ketones is 2. The molecule has 0 saturated carbocycles. The third-order valence-corrected chi connectivity index (χ3v) is 3.23. The van der Waals surface area contributed by atoms with Crippen LogP contribution in [0.1, 0.15) is 33.3 Å². The number of aliphatic hydroxyl groups excluding tert-OH is 1. The Hall–Kier alpha value is -1.32. The van der Waals surface area contributed by atoms with Gasteiger partial charge in [-0.25, -0.2) is 0 Å². The highest BCUT2D eigenvalue weighted by Crippen LogP contribution is 2.30. The molecule has 108 valence electrons. The molecule has 3 nitrogen and oxygen atoms in total. The van der Waals surface area contributed by atoms with Crippen molar-refractivity contribution in [1.82, 2.24) is 0 Å². The fourth-order valence-electron chi connectivity index (χ4n) is 1.63. The fraction of sp³-hybridized carbons (Fsp3) is 0.333. The molecule has 0 saturated heterocycles. The van der Waals surface area contributed by atoms with Crippen LogP contribution in [0, 0.1) is 5.41 Å². The Bertz CT molecular complexity index is 596. The molecule has 20 heavy (non-hydrogen) atoms. The molecule has 0 aliphatic carbocycles. The molecule has 0 heterocycles. The van der Waals surface area contributed by atoms with Gasteiger partial charge in [0.2, 0.25) is 0 Å². The van der Waals surface area contributed by atoms with E-state index in [0.29, 0.717) is 5.02 Å². The molecular weight excluding hydrogens is 299 g/mol. The first-order chi connectivity index (χ1) is 9.05. The van der Waals surface area contributed by atoms with E-state index in [9.17, 15) is 14.7 Å². The molecule has 1 rings (SSSR count). The molecule has 0 atom stereocenters. The monoisotopic (exact) mass is 314 g/mol. The van der Waals surface area contributed by atoms with Crippen molar-refractivity contribution in [2.24, 2.45) is 5.41 Å². The highest BCUT2D eigenvalue weighted by Gasteiger charge is 2.31. The third kappa shape index (κ3) is 3.62. The molecule has 0 aliphatic rings. The van der Waals surface area contributed by atoms with Gasteiger partial charge in [0.25, 0.3) is 0 Å². The van der Waals surface area contributed by atoms with Crippen LogP contribution in [0.4, 0.5) is 0 Å². The van der Waals surface area contributed by atoms with Gasteiger partial charge < -0.3 is 5.11 Å². The van der Waals surface area contributed by atoms with Crippen LogP contribution in [-0.4, -0.2) is 16.7 Å². The zero-order valence-electron chi connectivity index (χ0n) is 11.8. The summed E-state index contributed by atoms with van der Waals surface area (Å²) in [6.07, 6.45) is 0. The molecule has 1 aromatic carbocycles. The Kier molecular flexibility index (Phi) is 5.00. The Morgan fingerprint density at radius 3 is 2.10 bits per heavy atom. The van der Waals surface area contributed by atoms with Crippen LogP contribution in [0.2, 0.25) is 10.0 Å². The van der Waals surface area contributed by atoms with Crippen LogP contribution >= 0.6 is 23.2 Å². The first kappa shape index (κ1) is 16.7. The molecule has 0 radical (unpaired) electrons. The average Bonchev–Trinajstić information content (AvgIpc) is 2.26. The van der Waals surface area contributed by atoms with Crippen LogP contribution < -0.4 is 0 Å². The van der Waals surface area contributed by atoms with E-state index in [4.69, 9.17) is 23.2 Å². The minimum atomic E-state index is -0.784. The summed E-state index contributed by atoms with van der Waals surface area (Å²) in [7, 11) is 0. The van der Waals surface area contributed by atoms with Crippen molar-refractivity contribution < 1.29 is 14.7 Å². The van der Waals surface area contributed by atoms with Crippen molar-refractivity contribution in [2.75, 3.05) is 0 Å². The zero-order valence-corrected chi connectivity index (χ0v) is 13.3. The van der Waals surface area contributed by atoms with Crippen molar-refractivity contribution >= 4 is 40.5 Å². The summed E-state index contributed by atoms with van der Waals surface area (Å²) in [5.41, 5.74) is -0.825. The van der Waals surface area contributed by atoms with Crippen molar-refractivity contribution in [2.45, 2.75) is 27.7 Å². The van der Waals surface area contributed by atoms with Crippen molar-refractivity contribution in [1.29, 1.82) is 0 Å². The lowest BCUT2D eigenvalue weighted by molar-refractivity contribution is -0.125. The molecule has 0 fully saturated rings. The maximum atomic E-state index is 12.3. The standard InChI is InChI=1S/C15H16Cl2O3/c1-8(18)12(14(20)15(2,3)4)13(19)10-6-5-9(16)7-11(10)17/h5-7,19H,1-4H3/b13-12-. The summed E-state index contributed by atoms with van der Waals surface area (Å²) >= 11 is 11.8. The van der Waals surface area contributed by atoms with Crippen LogP contribution in [0.25, 0.3) is 5.76 Å². The van der Waals surface area contributed by atoms with Crippen molar-refractivity contribution in [3.63, 3.8) is 0 Å². The van der Waals surface area contributed by atoms with Gasteiger partial charge in [-0.2, -0.15) is 0 Å². The highest BCUT2D eigenvalue weighted by molar-refractivity contribution is 6.36. The van der Waals surface area contributed by atoms with Gasteiger partial charge in [-0.15, -0.1) is 0 Å². The molecule has 0 aromatic heterocycles. The number of carbonyl (C=O) groups excluding carboxylic acids is 2. The molecule has 0 unspecified atom stereocenters. The van der Waals surface area contributed by atoms with Gasteiger partial charge in [0, 0.05) is 16.0 Å². The lowest BCUT2D eigenvalue weighted by Crippen LogP contribution is -2.26. The molecule has 0 spiro atoms. The maximum absolute atomic E-state index is 12.3. The second-order valence-electron chi connectivity index (χ2n) is 5.48. The predicted molar refractivity (Wildman–Crippen MR) is 81.2 cm³/mol. The van der Waals surface area contributed by atoms with Gasteiger partial charge >= 0.3 is 0 Å². The van der Waals surface area contributed by atoms with E-state index in [0.717, 1.165) is 0 Å². The number of halogens is 2. The first-order valence-electron chi connectivity index (χ1n) is 6.00. The van der Waals surface area contributed by atoms with Crippen molar-refractivity contribution in [3.8, 4) is 0 Å². The Labute approximate surface area is 128 Å². The Balaban J connectivity index is 3.51. The molecule has 1 aromatic rings. The second-order valence-corrected chi connectivity index (χ2v) is 6.33. The molecule has 0 amide bonds. The summed E-state index contributed by atoms with van der Waals surface area (Å²) < 4.78 is 0. The van der Waals surface area contributed by atoms with Gasteiger partial charge in [0.1, 0.15) is 11.3 Å². The van der Waals surface area contributed by atoms with Gasteiger partial charge in [-0.1, -0.05) is 44.0 Å². The van der Waals surface area contributed by atoms with Gasteiger partial charge in [0.05, 0.1) is 5.02 Å².